The Kier molecular flexibility index (Phi) is 5.76. The summed E-state index contributed by atoms with van der Waals surface area (Å²) in [4.78, 5) is 26.6. The van der Waals surface area contributed by atoms with Crippen molar-refractivity contribution in [3.63, 3.8) is 0 Å². The van der Waals surface area contributed by atoms with Crippen molar-refractivity contribution in [3.05, 3.63) is 59.7 Å². The van der Waals surface area contributed by atoms with Gasteiger partial charge in [-0.2, -0.15) is 0 Å². The lowest BCUT2D eigenvalue weighted by Crippen LogP contribution is -2.47. The molecule has 0 aliphatic carbocycles. The predicted octanol–water partition coefficient (Wildman–Crippen LogP) is 3.19. The van der Waals surface area contributed by atoms with E-state index in [1.807, 2.05) is 32.0 Å². The van der Waals surface area contributed by atoms with Gasteiger partial charge < -0.3 is 19.1 Å². The fraction of sp³-hybridized carbons (Fsp3) is 0.333. The molecule has 6 heteroatoms. The van der Waals surface area contributed by atoms with E-state index in [1.54, 1.807) is 35.2 Å². The Hall–Kier alpha value is -2.86. The maximum Gasteiger partial charge on any atom is 0.348 e. The highest BCUT2D eigenvalue weighted by Gasteiger charge is 2.34. The topological polar surface area (TPSA) is 65.1 Å². The Bertz CT molecular complexity index is 816. The van der Waals surface area contributed by atoms with E-state index in [0.29, 0.717) is 23.6 Å². The van der Waals surface area contributed by atoms with Crippen LogP contribution < -0.4 is 9.64 Å². The molecule has 0 aromatic heterocycles. The number of carbonyl (C=O) groups is 2. The molecule has 0 bridgehead atoms. The van der Waals surface area contributed by atoms with Crippen LogP contribution in [0.4, 0.5) is 5.69 Å². The molecule has 0 spiro atoms. The highest BCUT2D eigenvalue weighted by molar-refractivity contribution is 6.07. The van der Waals surface area contributed by atoms with Crippen molar-refractivity contribution in [3.8, 4) is 5.75 Å². The Morgan fingerprint density at radius 3 is 2.52 bits per heavy atom. The van der Waals surface area contributed by atoms with Gasteiger partial charge in [-0.05, 0) is 43.7 Å². The summed E-state index contributed by atoms with van der Waals surface area (Å²) < 4.78 is 16.1. The minimum atomic E-state index is -0.854. The van der Waals surface area contributed by atoms with Gasteiger partial charge in [-0.1, -0.05) is 24.3 Å². The molecular weight excluding hydrogens is 346 g/mol. The fourth-order valence-corrected chi connectivity index (χ4v) is 2.84. The van der Waals surface area contributed by atoms with Crippen LogP contribution in [0.2, 0.25) is 0 Å². The molecule has 6 nitrogen and oxygen atoms in total. The lowest BCUT2D eigenvalue weighted by atomic mass is 10.1. The monoisotopic (exact) mass is 369 g/mol. The molecule has 0 fully saturated rings. The Labute approximate surface area is 158 Å². The molecule has 1 aliphatic rings. The maximum atomic E-state index is 13.1. The molecule has 3 rings (SSSR count). The van der Waals surface area contributed by atoms with E-state index in [0.717, 1.165) is 5.56 Å². The molecule has 1 aliphatic heterocycles. The molecule has 0 N–H and O–H groups in total. The van der Waals surface area contributed by atoms with Crippen LogP contribution in [0.15, 0.2) is 48.5 Å². The van der Waals surface area contributed by atoms with Crippen molar-refractivity contribution >= 4 is 17.6 Å². The average molecular weight is 369 g/mol. The zero-order valence-corrected chi connectivity index (χ0v) is 15.7. The maximum absolute atomic E-state index is 13.1. The number of hydrogen-bond acceptors (Lipinski definition) is 5. The summed E-state index contributed by atoms with van der Waals surface area (Å²) in [7, 11) is 1.30. The van der Waals surface area contributed by atoms with Crippen LogP contribution >= 0.6 is 0 Å². The second-order valence-electron chi connectivity index (χ2n) is 6.57. The number of fused-ring (bicyclic) bond motifs is 1. The third-order valence-electron chi connectivity index (χ3n) is 4.27. The summed E-state index contributed by atoms with van der Waals surface area (Å²) in [5, 5.41) is 0. The van der Waals surface area contributed by atoms with Gasteiger partial charge in [0.25, 0.3) is 5.91 Å². The average Bonchev–Trinajstić information content (AvgIpc) is 2.70. The van der Waals surface area contributed by atoms with E-state index in [4.69, 9.17) is 14.2 Å². The summed E-state index contributed by atoms with van der Waals surface area (Å²) in [6, 6.07) is 14.4. The number of nitrogens with zero attached hydrogens (tertiary/aromatic N) is 1. The minimum Gasteiger partial charge on any atom is -0.475 e. The van der Waals surface area contributed by atoms with Crippen molar-refractivity contribution in [2.75, 3.05) is 18.6 Å². The highest BCUT2D eigenvalue weighted by atomic mass is 16.6. The zero-order valence-electron chi connectivity index (χ0n) is 15.7. The second kappa shape index (κ2) is 8.22. The largest absolute Gasteiger partial charge is 0.475 e. The molecule has 0 saturated heterocycles. The molecule has 0 saturated carbocycles. The molecule has 2 aromatic rings. The number of rotatable bonds is 5. The molecule has 2 aromatic carbocycles. The van der Waals surface area contributed by atoms with E-state index < -0.39 is 12.1 Å². The molecule has 27 heavy (non-hydrogen) atoms. The summed E-state index contributed by atoms with van der Waals surface area (Å²) in [5.74, 6) is -0.228. The van der Waals surface area contributed by atoms with Crippen molar-refractivity contribution in [2.24, 2.45) is 0 Å². The molecule has 142 valence electrons. The van der Waals surface area contributed by atoms with Crippen LogP contribution in [-0.4, -0.2) is 37.7 Å². The smallest absolute Gasteiger partial charge is 0.348 e. The van der Waals surface area contributed by atoms with Gasteiger partial charge >= 0.3 is 5.97 Å². The number of esters is 1. The second-order valence-corrected chi connectivity index (χ2v) is 6.57. The van der Waals surface area contributed by atoms with Crippen LogP contribution in [0.1, 0.15) is 29.8 Å². The van der Waals surface area contributed by atoms with Crippen LogP contribution in [0.25, 0.3) is 0 Å². The quantitative estimate of drug-likeness (QED) is 0.758. The van der Waals surface area contributed by atoms with E-state index in [9.17, 15) is 9.59 Å². The number of amides is 1. The first-order chi connectivity index (χ1) is 13.0. The number of hydrogen-bond donors (Lipinski definition) is 0. The Morgan fingerprint density at radius 2 is 1.85 bits per heavy atom. The van der Waals surface area contributed by atoms with Gasteiger partial charge in [0.1, 0.15) is 5.75 Å². The van der Waals surface area contributed by atoms with E-state index >= 15 is 0 Å². The summed E-state index contributed by atoms with van der Waals surface area (Å²) >= 11 is 0. The predicted molar refractivity (Wildman–Crippen MR) is 101 cm³/mol. The highest BCUT2D eigenvalue weighted by Crippen LogP contribution is 2.34. The van der Waals surface area contributed by atoms with Crippen LogP contribution in [-0.2, 0) is 20.9 Å². The molecule has 0 radical (unpaired) electrons. The first-order valence-corrected chi connectivity index (χ1v) is 8.85. The standard InChI is InChI=1S/C21H23NO5/c1-14(2)26-13-15-8-10-16(11-9-15)20(23)22-12-19(21(24)25-3)27-18-7-5-4-6-17(18)22/h4-11,14,19H,12-13H2,1-3H3/t19-/m1/s1. The molecule has 1 amide bonds. The number of ether oxygens (including phenoxy) is 3. The number of methoxy groups -OCH3 is 1. The van der Waals surface area contributed by atoms with Crippen molar-refractivity contribution < 1.29 is 23.8 Å². The van der Waals surface area contributed by atoms with Crippen LogP contribution in [0, 0.1) is 0 Å². The first kappa shape index (κ1) is 18.9. The van der Waals surface area contributed by atoms with Crippen molar-refractivity contribution in [2.45, 2.75) is 32.7 Å². The van der Waals surface area contributed by atoms with E-state index in [-0.39, 0.29) is 18.6 Å². The number of para-hydroxylation sites is 2. The lowest BCUT2D eigenvalue weighted by molar-refractivity contribution is -0.148. The zero-order chi connectivity index (χ0) is 19.4. The lowest BCUT2D eigenvalue weighted by Gasteiger charge is -2.33. The number of benzene rings is 2. The molecular formula is C21H23NO5. The summed E-state index contributed by atoms with van der Waals surface area (Å²) in [6.07, 6.45) is -0.709. The van der Waals surface area contributed by atoms with Gasteiger partial charge in [0, 0.05) is 5.56 Å². The van der Waals surface area contributed by atoms with Crippen LogP contribution in [0.3, 0.4) is 0 Å². The third kappa shape index (κ3) is 4.28. The summed E-state index contributed by atoms with van der Waals surface area (Å²) in [5.41, 5.74) is 2.16. The van der Waals surface area contributed by atoms with Gasteiger partial charge in [0.15, 0.2) is 0 Å². The number of anilines is 1. The van der Waals surface area contributed by atoms with Gasteiger partial charge in [0.2, 0.25) is 6.10 Å². The minimum absolute atomic E-state index is 0.0979. The van der Waals surface area contributed by atoms with Gasteiger partial charge in [-0.25, -0.2) is 4.79 Å². The normalized spacial score (nSPS) is 15.9. The first-order valence-electron chi connectivity index (χ1n) is 8.85. The summed E-state index contributed by atoms with van der Waals surface area (Å²) in [6.45, 7) is 4.55. The Balaban J connectivity index is 1.83. The Morgan fingerprint density at radius 1 is 1.15 bits per heavy atom. The molecule has 1 atom stereocenters. The SMILES string of the molecule is COC(=O)[C@H]1CN(C(=O)c2ccc(COC(C)C)cc2)c2ccccc2O1. The van der Waals surface area contributed by atoms with Gasteiger partial charge in [-0.15, -0.1) is 0 Å². The van der Waals surface area contributed by atoms with Gasteiger partial charge in [0.05, 0.1) is 32.1 Å². The van der Waals surface area contributed by atoms with Crippen molar-refractivity contribution in [1.82, 2.24) is 0 Å². The van der Waals surface area contributed by atoms with Crippen molar-refractivity contribution in [1.29, 1.82) is 0 Å². The van der Waals surface area contributed by atoms with Crippen LogP contribution in [0.5, 0.6) is 5.75 Å². The third-order valence-corrected chi connectivity index (χ3v) is 4.27. The molecule has 1 heterocycles. The van der Waals surface area contributed by atoms with E-state index in [1.165, 1.54) is 7.11 Å². The molecule has 0 unspecified atom stereocenters. The van der Waals surface area contributed by atoms with Gasteiger partial charge in [-0.3, -0.25) is 4.79 Å². The van der Waals surface area contributed by atoms with E-state index in [2.05, 4.69) is 0 Å². The fourth-order valence-electron chi connectivity index (χ4n) is 2.84. The number of carbonyl (C=O) groups excluding carboxylic acids is 2.